The van der Waals surface area contributed by atoms with Gasteiger partial charge in [0.2, 0.25) is 0 Å². The Morgan fingerprint density at radius 1 is 1.19 bits per heavy atom. The van der Waals surface area contributed by atoms with Crippen LogP contribution in [0.1, 0.15) is 48.1 Å². The van der Waals surface area contributed by atoms with Gasteiger partial charge < -0.3 is 10.1 Å². The summed E-state index contributed by atoms with van der Waals surface area (Å²) in [5.74, 6) is 0.805. The van der Waals surface area contributed by atoms with E-state index in [1.54, 1.807) is 24.5 Å². The maximum Gasteiger partial charge on any atom is 0.252 e. The average Bonchev–Trinajstić information content (AvgIpc) is 2.71. The molecule has 5 nitrogen and oxygen atoms in total. The molecule has 1 saturated heterocycles. The normalized spacial score (nSPS) is 16.0. The number of carbonyl (C=O) groups is 1. The molecule has 2 aromatic rings. The van der Waals surface area contributed by atoms with Crippen molar-refractivity contribution in [1.29, 1.82) is 0 Å². The van der Waals surface area contributed by atoms with Crippen LogP contribution in [0.4, 0.5) is 0 Å². The van der Waals surface area contributed by atoms with Crippen LogP contribution in [0.5, 0.6) is 5.75 Å². The Kier molecular flexibility index (Phi) is 6.61. The highest BCUT2D eigenvalue weighted by molar-refractivity contribution is 5.93. The zero-order chi connectivity index (χ0) is 18.2. The molecule has 1 aliphatic heterocycles. The summed E-state index contributed by atoms with van der Waals surface area (Å²) in [5, 5.41) is 3.08. The molecule has 1 N–H and O–H groups in total. The average molecular weight is 353 g/mol. The third kappa shape index (κ3) is 4.82. The molecule has 1 aliphatic rings. The Hall–Kier alpha value is -2.40. The molecule has 1 unspecified atom stereocenters. The summed E-state index contributed by atoms with van der Waals surface area (Å²) < 4.78 is 5.55. The molecule has 0 aliphatic carbocycles. The summed E-state index contributed by atoms with van der Waals surface area (Å²) in [6.45, 7) is 5.37. The van der Waals surface area contributed by atoms with E-state index in [9.17, 15) is 4.79 Å². The quantitative estimate of drug-likeness (QED) is 0.828. The first-order chi connectivity index (χ1) is 12.8. The summed E-state index contributed by atoms with van der Waals surface area (Å²) in [7, 11) is 0. The van der Waals surface area contributed by atoms with Gasteiger partial charge in [-0.25, -0.2) is 0 Å². The van der Waals surface area contributed by atoms with E-state index in [0.717, 1.165) is 18.8 Å². The Balaban J connectivity index is 1.71. The summed E-state index contributed by atoms with van der Waals surface area (Å²) in [6.07, 6.45) is 6.98. The molecule has 0 bridgehead atoms. The molecule has 2 heterocycles. The van der Waals surface area contributed by atoms with Gasteiger partial charge in [-0.1, -0.05) is 18.6 Å². The van der Waals surface area contributed by atoms with Crippen molar-refractivity contribution in [2.75, 3.05) is 26.2 Å². The molecule has 26 heavy (non-hydrogen) atoms. The van der Waals surface area contributed by atoms with Gasteiger partial charge in [0.15, 0.2) is 0 Å². The highest BCUT2D eigenvalue weighted by Crippen LogP contribution is 2.26. The Bertz CT molecular complexity index is 682. The maximum absolute atomic E-state index is 12.4. The van der Waals surface area contributed by atoms with Crippen LogP contribution in [0.25, 0.3) is 0 Å². The molecule has 0 radical (unpaired) electrons. The van der Waals surface area contributed by atoms with Gasteiger partial charge in [-0.2, -0.15) is 0 Å². The van der Waals surface area contributed by atoms with Crippen molar-refractivity contribution >= 4 is 5.91 Å². The predicted molar refractivity (Wildman–Crippen MR) is 102 cm³/mol. The molecule has 138 valence electrons. The van der Waals surface area contributed by atoms with Gasteiger partial charge in [0, 0.05) is 18.9 Å². The second-order valence-corrected chi connectivity index (χ2v) is 6.57. The largest absolute Gasteiger partial charge is 0.494 e. The minimum Gasteiger partial charge on any atom is -0.494 e. The van der Waals surface area contributed by atoms with Crippen LogP contribution in [0.15, 0.2) is 48.8 Å². The lowest BCUT2D eigenvalue weighted by molar-refractivity contribution is 0.0924. The summed E-state index contributed by atoms with van der Waals surface area (Å²) in [4.78, 5) is 18.9. The van der Waals surface area contributed by atoms with Gasteiger partial charge in [0.05, 0.1) is 18.2 Å². The number of rotatable bonds is 7. The lowest BCUT2D eigenvalue weighted by Crippen LogP contribution is -2.40. The Morgan fingerprint density at radius 2 is 1.96 bits per heavy atom. The Morgan fingerprint density at radius 3 is 2.62 bits per heavy atom. The summed E-state index contributed by atoms with van der Waals surface area (Å²) >= 11 is 0. The molecule has 1 atom stereocenters. The van der Waals surface area contributed by atoms with Crippen LogP contribution in [-0.4, -0.2) is 42.0 Å². The molecular formula is C21H27N3O2. The third-order valence-electron chi connectivity index (χ3n) is 4.79. The highest BCUT2D eigenvalue weighted by atomic mass is 16.5. The topological polar surface area (TPSA) is 54.5 Å². The second-order valence-electron chi connectivity index (χ2n) is 6.57. The zero-order valence-electron chi connectivity index (χ0n) is 15.4. The van der Waals surface area contributed by atoms with Crippen molar-refractivity contribution in [3.8, 4) is 5.75 Å². The number of nitrogens with one attached hydrogen (secondary N) is 1. The Labute approximate surface area is 155 Å². The lowest BCUT2D eigenvalue weighted by atomic mass is 10.0. The first-order valence-corrected chi connectivity index (χ1v) is 9.43. The van der Waals surface area contributed by atoms with Crippen molar-refractivity contribution in [2.24, 2.45) is 0 Å². The van der Waals surface area contributed by atoms with E-state index in [4.69, 9.17) is 4.74 Å². The molecule has 1 amide bonds. The number of ether oxygens (including phenoxy) is 1. The predicted octanol–water partition coefficient (Wildman–Crippen LogP) is 3.44. The van der Waals surface area contributed by atoms with Crippen LogP contribution in [-0.2, 0) is 0 Å². The van der Waals surface area contributed by atoms with Crippen LogP contribution >= 0.6 is 0 Å². The number of hydrogen-bond donors (Lipinski definition) is 1. The number of likely N-dealkylation sites (tertiary alicyclic amines) is 1. The number of benzene rings is 1. The third-order valence-corrected chi connectivity index (χ3v) is 4.79. The first kappa shape index (κ1) is 18.4. The van der Waals surface area contributed by atoms with Crippen molar-refractivity contribution in [3.63, 3.8) is 0 Å². The van der Waals surface area contributed by atoms with E-state index >= 15 is 0 Å². The molecule has 1 aromatic heterocycles. The number of carbonyl (C=O) groups excluding carboxylic acids is 1. The van der Waals surface area contributed by atoms with E-state index in [0.29, 0.717) is 18.7 Å². The van der Waals surface area contributed by atoms with Gasteiger partial charge in [-0.05, 0) is 62.7 Å². The molecule has 0 saturated carbocycles. The van der Waals surface area contributed by atoms with Gasteiger partial charge in [-0.3, -0.25) is 14.7 Å². The van der Waals surface area contributed by atoms with Crippen LogP contribution in [0, 0.1) is 0 Å². The maximum atomic E-state index is 12.4. The van der Waals surface area contributed by atoms with Gasteiger partial charge in [-0.15, -0.1) is 0 Å². The number of piperidine rings is 1. The fraction of sp³-hybridized carbons (Fsp3) is 0.429. The van der Waals surface area contributed by atoms with Crippen LogP contribution in [0.3, 0.4) is 0 Å². The van der Waals surface area contributed by atoms with Crippen molar-refractivity contribution in [1.82, 2.24) is 15.2 Å². The van der Waals surface area contributed by atoms with E-state index in [1.807, 2.05) is 19.1 Å². The molecule has 3 rings (SSSR count). The molecule has 5 heteroatoms. The van der Waals surface area contributed by atoms with Crippen molar-refractivity contribution in [2.45, 2.75) is 32.2 Å². The molecule has 1 aromatic carbocycles. The highest BCUT2D eigenvalue weighted by Gasteiger charge is 2.23. The van der Waals surface area contributed by atoms with Gasteiger partial charge >= 0.3 is 0 Å². The molecule has 1 fully saturated rings. The molecular weight excluding hydrogens is 326 g/mol. The van der Waals surface area contributed by atoms with E-state index in [1.165, 1.54) is 24.8 Å². The number of nitrogens with zero attached hydrogens (tertiary/aromatic N) is 2. The van der Waals surface area contributed by atoms with Crippen molar-refractivity contribution < 1.29 is 9.53 Å². The minimum atomic E-state index is -0.0777. The van der Waals surface area contributed by atoms with E-state index in [2.05, 4.69) is 27.3 Å². The lowest BCUT2D eigenvalue weighted by Gasteiger charge is -2.35. The minimum absolute atomic E-state index is 0.0777. The van der Waals surface area contributed by atoms with Gasteiger partial charge in [0.1, 0.15) is 5.75 Å². The number of amides is 1. The standard InChI is InChI=1S/C21H27N3O2/c1-2-26-19-10-8-17(9-11-19)20(24-13-4-3-5-14-24)16-23-21(25)18-7-6-12-22-15-18/h6-12,15,20H,2-5,13-14,16H2,1H3,(H,23,25). The SMILES string of the molecule is CCOc1ccc(C(CNC(=O)c2cccnc2)N2CCCCC2)cc1. The summed E-state index contributed by atoms with van der Waals surface area (Å²) in [5.41, 5.74) is 1.80. The first-order valence-electron chi connectivity index (χ1n) is 9.43. The van der Waals surface area contributed by atoms with Crippen LogP contribution in [0.2, 0.25) is 0 Å². The number of hydrogen-bond acceptors (Lipinski definition) is 4. The molecule has 0 spiro atoms. The van der Waals surface area contributed by atoms with E-state index in [-0.39, 0.29) is 11.9 Å². The zero-order valence-corrected chi connectivity index (χ0v) is 15.4. The van der Waals surface area contributed by atoms with Crippen molar-refractivity contribution in [3.05, 3.63) is 59.9 Å². The monoisotopic (exact) mass is 353 g/mol. The fourth-order valence-electron chi connectivity index (χ4n) is 3.43. The van der Waals surface area contributed by atoms with Crippen LogP contribution < -0.4 is 10.1 Å². The van der Waals surface area contributed by atoms with Gasteiger partial charge in [0.25, 0.3) is 5.91 Å². The number of pyridine rings is 1. The number of aromatic nitrogens is 1. The van der Waals surface area contributed by atoms with E-state index < -0.39 is 0 Å². The fourth-order valence-corrected chi connectivity index (χ4v) is 3.43. The smallest absolute Gasteiger partial charge is 0.252 e. The second kappa shape index (κ2) is 9.34. The summed E-state index contributed by atoms with van der Waals surface area (Å²) in [6, 6.07) is 12.0.